The largest absolute Gasteiger partial charge is 0.485 e. The summed E-state index contributed by atoms with van der Waals surface area (Å²) in [6, 6.07) is 35.7. The first-order valence-corrected chi connectivity index (χ1v) is 14.6. The smallest absolute Gasteiger partial charge is 0.224 e. The van der Waals surface area contributed by atoms with E-state index in [9.17, 15) is 9.59 Å². The molecule has 4 aromatic carbocycles. The van der Waals surface area contributed by atoms with Gasteiger partial charge in [-0.25, -0.2) is 0 Å². The van der Waals surface area contributed by atoms with Crippen molar-refractivity contribution in [3.63, 3.8) is 0 Å². The van der Waals surface area contributed by atoms with Crippen molar-refractivity contribution in [1.29, 1.82) is 0 Å². The Bertz CT molecular complexity index is 1380. The van der Waals surface area contributed by atoms with Crippen molar-refractivity contribution in [2.24, 2.45) is 11.7 Å². The average Bonchev–Trinajstić information content (AvgIpc) is 3.02. The average molecular weight is 565 g/mol. The van der Waals surface area contributed by atoms with Crippen LogP contribution >= 0.6 is 0 Å². The minimum absolute atomic E-state index is 0.00846. The van der Waals surface area contributed by atoms with Gasteiger partial charge in [0, 0.05) is 12.5 Å². The lowest BCUT2D eigenvalue weighted by molar-refractivity contribution is -0.122. The van der Waals surface area contributed by atoms with E-state index in [1.54, 1.807) is 0 Å². The summed E-state index contributed by atoms with van der Waals surface area (Å²) < 4.78 is 12.3. The molecule has 2 amide bonds. The molecule has 1 unspecified atom stereocenters. The molecule has 6 nitrogen and oxygen atoms in total. The summed E-state index contributed by atoms with van der Waals surface area (Å²) in [5.74, 6) is 0.849. The standard InChI is InChI=1S/C36H40N2O4/c37-36(40)32(18-10-11-23-38-35(39)25-28-12-4-1-5-13-28)21-19-29-20-22-33(41-26-30-14-6-2-7-15-30)34(24-29)42-27-31-16-8-3-9-17-31/h1-9,12-17,20,22,24,32H,10-11,18-19,21,23,25-27H2,(H2,37,40)(H,38,39). The van der Waals surface area contributed by atoms with Crippen LogP contribution in [-0.2, 0) is 35.6 Å². The third-order valence-corrected chi connectivity index (χ3v) is 7.18. The number of benzene rings is 4. The Balaban J connectivity index is 1.28. The van der Waals surface area contributed by atoms with Crippen LogP contribution in [0.2, 0.25) is 0 Å². The zero-order valence-electron chi connectivity index (χ0n) is 24.0. The predicted molar refractivity (Wildman–Crippen MR) is 166 cm³/mol. The lowest BCUT2D eigenvalue weighted by Gasteiger charge is -2.16. The molecule has 0 aliphatic rings. The van der Waals surface area contributed by atoms with Gasteiger partial charge in [0.05, 0.1) is 6.42 Å². The number of unbranched alkanes of at least 4 members (excludes halogenated alkanes) is 1. The number of carbonyl (C=O) groups excluding carboxylic acids is 2. The van der Waals surface area contributed by atoms with E-state index >= 15 is 0 Å². The fourth-order valence-electron chi connectivity index (χ4n) is 4.77. The molecule has 0 aliphatic carbocycles. The number of primary amides is 1. The lowest BCUT2D eigenvalue weighted by Crippen LogP contribution is -2.27. The van der Waals surface area contributed by atoms with Crippen molar-refractivity contribution in [2.45, 2.75) is 51.7 Å². The van der Waals surface area contributed by atoms with Gasteiger partial charge < -0.3 is 20.5 Å². The van der Waals surface area contributed by atoms with E-state index in [1.807, 2.05) is 109 Å². The molecule has 1 atom stereocenters. The maximum Gasteiger partial charge on any atom is 0.224 e. The Labute approximate surface area is 248 Å². The molecule has 6 heteroatoms. The number of ether oxygens (including phenoxy) is 2. The Morgan fingerprint density at radius 1 is 0.643 bits per heavy atom. The van der Waals surface area contributed by atoms with Crippen LogP contribution in [0.4, 0.5) is 0 Å². The normalized spacial score (nSPS) is 11.4. The number of carbonyl (C=O) groups is 2. The molecule has 42 heavy (non-hydrogen) atoms. The van der Waals surface area contributed by atoms with Crippen LogP contribution in [0.15, 0.2) is 109 Å². The van der Waals surface area contributed by atoms with Gasteiger partial charge in [0.2, 0.25) is 11.8 Å². The highest BCUT2D eigenvalue weighted by Gasteiger charge is 2.16. The summed E-state index contributed by atoms with van der Waals surface area (Å²) in [5, 5.41) is 2.97. The maximum absolute atomic E-state index is 12.2. The SMILES string of the molecule is NC(=O)C(CCCCNC(=O)Cc1ccccc1)CCc1ccc(OCc2ccccc2)c(OCc2ccccc2)c1. The number of nitrogens with two attached hydrogens (primary N) is 1. The van der Waals surface area contributed by atoms with Gasteiger partial charge in [-0.15, -0.1) is 0 Å². The van der Waals surface area contributed by atoms with E-state index in [-0.39, 0.29) is 17.7 Å². The first kappa shape index (κ1) is 30.4. The lowest BCUT2D eigenvalue weighted by atomic mass is 9.93. The van der Waals surface area contributed by atoms with E-state index < -0.39 is 0 Å². The summed E-state index contributed by atoms with van der Waals surface area (Å²) in [6.07, 6.45) is 4.03. The number of hydrogen-bond donors (Lipinski definition) is 2. The molecule has 0 radical (unpaired) electrons. The van der Waals surface area contributed by atoms with Gasteiger partial charge >= 0.3 is 0 Å². The van der Waals surface area contributed by atoms with Gasteiger partial charge in [0.25, 0.3) is 0 Å². The minimum Gasteiger partial charge on any atom is -0.485 e. The molecule has 0 spiro atoms. The van der Waals surface area contributed by atoms with Crippen LogP contribution in [0.1, 0.15) is 47.9 Å². The van der Waals surface area contributed by atoms with Crippen molar-refractivity contribution in [3.8, 4) is 11.5 Å². The molecule has 0 aromatic heterocycles. The first-order chi connectivity index (χ1) is 20.6. The third-order valence-electron chi connectivity index (χ3n) is 7.18. The summed E-state index contributed by atoms with van der Waals surface area (Å²) in [6.45, 7) is 1.46. The molecule has 4 aromatic rings. The van der Waals surface area contributed by atoms with Crippen molar-refractivity contribution in [3.05, 3.63) is 131 Å². The number of amides is 2. The van der Waals surface area contributed by atoms with Crippen molar-refractivity contribution in [2.75, 3.05) is 6.54 Å². The summed E-state index contributed by atoms with van der Waals surface area (Å²) in [7, 11) is 0. The topological polar surface area (TPSA) is 90.7 Å². The molecular formula is C36H40N2O4. The second-order valence-electron chi connectivity index (χ2n) is 10.5. The highest BCUT2D eigenvalue weighted by atomic mass is 16.5. The first-order valence-electron chi connectivity index (χ1n) is 14.6. The number of aryl methyl sites for hydroxylation is 1. The molecule has 0 fully saturated rings. The quantitative estimate of drug-likeness (QED) is 0.145. The molecule has 4 rings (SSSR count). The Morgan fingerprint density at radius 2 is 1.21 bits per heavy atom. The summed E-state index contributed by atoms with van der Waals surface area (Å²) in [4.78, 5) is 24.4. The second kappa shape index (κ2) is 16.6. The Morgan fingerprint density at radius 3 is 1.81 bits per heavy atom. The van der Waals surface area contributed by atoms with E-state index in [0.29, 0.717) is 56.9 Å². The van der Waals surface area contributed by atoms with E-state index in [4.69, 9.17) is 15.2 Å². The predicted octanol–water partition coefficient (Wildman–Crippen LogP) is 6.41. The van der Waals surface area contributed by atoms with Gasteiger partial charge in [0.15, 0.2) is 11.5 Å². The van der Waals surface area contributed by atoms with Crippen LogP contribution < -0.4 is 20.5 Å². The van der Waals surface area contributed by atoms with Crippen LogP contribution in [0.25, 0.3) is 0 Å². The molecule has 0 saturated carbocycles. The highest BCUT2D eigenvalue weighted by Crippen LogP contribution is 2.31. The molecule has 218 valence electrons. The minimum atomic E-state index is -0.286. The zero-order chi connectivity index (χ0) is 29.4. The fourth-order valence-corrected chi connectivity index (χ4v) is 4.77. The van der Waals surface area contributed by atoms with Gasteiger partial charge in [-0.2, -0.15) is 0 Å². The van der Waals surface area contributed by atoms with Gasteiger partial charge in [-0.3, -0.25) is 9.59 Å². The van der Waals surface area contributed by atoms with E-state index in [2.05, 4.69) is 5.32 Å². The fraction of sp³-hybridized carbons (Fsp3) is 0.278. The second-order valence-corrected chi connectivity index (χ2v) is 10.5. The molecule has 3 N–H and O–H groups in total. The van der Waals surface area contributed by atoms with Crippen molar-refractivity contribution >= 4 is 11.8 Å². The van der Waals surface area contributed by atoms with Gasteiger partial charge in [0.1, 0.15) is 13.2 Å². The number of rotatable bonds is 17. The van der Waals surface area contributed by atoms with Crippen LogP contribution in [0, 0.1) is 5.92 Å². The molecule has 0 aliphatic heterocycles. The molecule has 0 saturated heterocycles. The van der Waals surface area contributed by atoms with Crippen LogP contribution in [0.5, 0.6) is 11.5 Å². The van der Waals surface area contributed by atoms with Gasteiger partial charge in [-0.1, -0.05) is 103 Å². The molecule has 0 bridgehead atoms. The third kappa shape index (κ3) is 10.4. The van der Waals surface area contributed by atoms with Crippen LogP contribution in [0.3, 0.4) is 0 Å². The summed E-state index contributed by atoms with van der Waals surface area (Å²) in [5.41, 5.74) is 9.96. The van der Waals surface area contributed by atoms with E-state index in [1.165, 1.54) is 0 Å². The van der Waals surface area contributed by atoms with Crippen LogP contribution in [-0.4, -0.2) is 18.4 Å². The van der Waals surface area contributed by atoms with E-state index in [0.717, 1.165) is 35.1 Å². The Kier molecular flexibility index (Phi) is 12.0. The van der Waals surface area contributed by atoms with Crippen molar-refractivity contribution in [1.82, 2.24) is 5.32 Å². The molecular weight excluding hydrogens is 524 g/mol. The number of hydrogen-bond acceptors (Lipinski definition) is 4. The summed E-state index contributed by atoms with van der Waals surface area (Å²) >= 11 is 0. The highest BCUT2D eigenvalue weighted by molar-refractivity contribution is 5.78. The maximum atomic E-state index is 12.2. The number of nitrogens with one attached hydrogen (secondary N) is 1. The van der Waals surface area contributed by atoms with Gasteiger partial charge in [-0.05, 0) is 60.1 Å². The van der Waals surface area contributed by atoms with Crippen molar-refractivity contribution < 1.29 is 19.1 Å². The Hall–Kier alpha value is -4.58. The zero-order valence-corrected chi connectivity index (χ0v) is 24.0. The molecule has 0 heterocycles. The monoisotopic (exact) mass is 564 g/mol.